The Kier molecular flexibility index (Phi) is 7.82. The molecule has 0 bridgehead atoms. The van der Waals surface area contributed by atoms with Crippen LogP contribution in [0.3, 0.4) is 0 Å². The Hall–Kier alpha value is -2.37. The normalized spacial score (nSPS) is 19.6. The molecule has 1 atom stereocenters. The zero-order valence-corrected chi connectivity index (χ0v) is 19.6. The number of nitrogens with zero attached hydrogens (tertiary/aromatic N) is 3. The van der Waals surface area contributed by atoms with Gasteiger partial charge in [0.2, 0.25) is 5.91 Å². The minimum atomic E-state index is 0.133. The molecule has 0 radical (unpaired) electrons. The minimum Gasteiger partial charge on any atom is -0.492 e. The van der Waals surface area contributed by atoms with E-state index in [0.29, 0.717) is 5.91 Å². The molecule has 0 N–H and O–H groups in total. The Morgan fingerprint density at radius 1 is 1.00 bits per heavy atom. The molecule has 0 spiro atoms. The summed E-state index contributed by atoms with van der Waals surface area (Å²) in [6.07, 6.45) is 2.11. The summed E-state index contributed by atoms with van der Waals surface area (Å²) in [5.41, 5.74) is 3.91. The van der Waals surface area contributed by atoms with Crippen molar-refractivity contribution in [1.29, 1.82) is 0 Å². The Balaban J connectivity index is 1.40. The first kappa shape index (κ1) is 22.8. The number of carbonyl (C=O) groups is 1. The number of piperidine rings is 1. The summed E-state index contributed by atoms with van der Waals surface area (Å²) in [5, 5.41) is 0. The quantitative estimate of drug-likeness (QED) is 0.654. The number of amides is 1. The van der Waals surface area contributed by atoms with E-state index in [1.807, 2.05) is 4.90 Å². The van der Waals surface area contributed by atoms with E-state index in [9.17, 15) is 4.79 Å². The van der Waals surface area contributed by atoms with Crippen molar-refractivity contribution in [3.63, 3.8) is 0 Å². The first-order valence-electron chi connectivity index (χ1n) is 12.2. The maximum atomic E-state index is 12.9. The van der Waals surface area contributed by atoms with Gasteiger partial charge < -0.3 is 9.64 Å². The Bertz CT molecular complexity index is 882. The van der Waals surface area contributed by atoms with Gasteiger partial charge in [0.25, 0.3) is 0 Å². The third-order valence-corrected chi connectivity index (χ3v) is 6.77. The maximum absolute atomic E-state index is 12.9. The summed E-state index contributed by atoms with van der Waals surface area (Å²) in [4.78, 5) is 19.8. The summed E-state index contributed by atoms with van der Waals surface area (Å²) in [6, 6.07) is 17.3. The fourth-order valence-electron chi connectivity index (χ4n) is 5.03. The average Bonchev–Trinajstić information content (AvgIpc) is 3.02. The van der Waals surface area contributed by atoms with Gasteiger partial charge in [0, 0.05) is 51.4 Å². The molecule has 2 aliphatic rings. The van der Waals surface area contributed by atoms with E-state index in [1.54, 1.807) is 0 Å². The molecule has 0 aliphatic carbocycles. The third kappa shape index (κ3) is 5.70. The van der Waals surface area contributed by atoms with Crippen molar-refractivity contribution in [2.24, 2.45) is 5.92 Å². The summed E-state index contributed by atoms with van der Waals surface area (Å²) in [7, 11) is 0. The van der Waals surface area contributed by atoms with Crippen molar-refractivity contribution >= 4 is 5.91 Å². The highest BCUT2D eigenvalue weighted by Crippen LogP contribution is 2.27. The summed E-state index contributed by atoms with van der Waals surface area (Å²) in [5.74, 6) is 1.47. The third-order valence-electron chi connectivity index (χ3n) is 6.77. The molecule has 1 saturated heterocycles. The van der Waals surface area contributed by atoms with Crippen LogP contribution in [0.5, 0.6) is 5.75 Å². The molecule has 2 aromatic carbocycles. The van der Waals surface area contributed by atoms with Crippen LogP contribution in [-0.4, -0.2) is 59.9 Å². The smallest absolute Gasteiger partial charge is 0.226 e. The molecular weight excluding hydrogens is 398 g/mol. The van der Waals surface area contributed by atoms with E-state index < -0.39 is 0 Å². The highest BCUT2D eigenvalue weighted by molar-refractivity contribution is 5.79. The largest absolute Gasteiger partial charge is 0.492 e. The molecular formula is C27H37N3O2. The van der Waals surface area contributed by atoms with Crippen LogP contribution < -0.4 is 4.74 Å². The van der Waals surface area contributed by atoms with Crippen LogP contribution in [0.4, 0.5) is 0 Å². The fraction of sp³-hybridized carbons (Fsp3) is 0.519. The first-order chi connectivity index (χ1) is 15.7. The number of fused-ring (bicyclic) bond motifs is 1. The summed E-state index contributed by atoms with van der Waals surface area (Å²) in [6.45, 7) is 12.1. The second kappa shape index (κ2) is 11.0. The van der Waals surface area contributed by atoms with Crippen molar-refractivity contribution in [3.05, 3.63) is 65.2 Å². The van der Waals surface area contributed by atoms with Crippen LogP contribution in [0.15, 0.2) is 48.5 Å². The van der Waals surface area contributed by atoms with Gasteiger partial charge in [-0.25, -0.2) is 0 Å². The molecule has 2 aliphatic heterocycles. The maximum Gasteiger partial charge on any atom is 0.226 e. The molecule has 172 valence electrons. The Morgan fingerprint density at radius 3 is 2.56 bits per heavy atom. The minimum absolute atomic E-state index is 0.133. The van der Waals surface area contributed by atoms with Crippen molar-refractivity contribution in [2.45, 2.75) is 46.3 Å². The van der Waals surface area contributed by atoms with Gasteiger partial charge in [-0.1, -0.05) is 36.4 Å². The highest BCUT2D eigenvalue weighted by atomic mass is 16.5. The molecule has 0 saturated carbocycles. The molecule has 2 heterocycles. The second-order valence-electron chi connectivity index (χ2n) is 9.07. The molecule has 1 fully saturated rings. The lowest BCUT2D eigenvalue weighted by Gasteiger charge is -2.34. The number of likely N-dealkylation sites (tertiary alicyclic amines) is 1. The number of carbonyl (C=O) groups excluding carboxylic acids is 1. The van der Waals surface area contributed by atoms with Gasteiger partial charge in [0.15, 0.2) is 0 Å². The summed E-state index contributed by atoms with van der Waals surface area (Å²) < 4.78 is 6.06. The molecule has 32 heavy (non-hydrogen) atoms. The standard InChI is InChI=1S/C27H37N3O2/c1-3-30(4-2)27(31)24-11-8-14-28(20-24)19-23-12-13-26-25(17-23)21-29(15-16-32-26)18-22-9-6-5-7-10-22/h5-7,9-10,12-13,17,24H,3-4,8,11,14-16,18-21H2,1-2H3/t24-/m1/s1. The highest BCUT2D eigenvalue weighted by Gasteiger charge is 2.28. The van der Waals surface area contributed by atoms with Crippen LogP contribution in [-0.2, 0) is 24.4 Å². The number of hydrogen-bond acceptors (Lipinski definition) is 4. The van der Waals surface area contributed by atoms with Gasteiger partial charge in [0.1, 0.15) is 12.4 Å². The zero-order valence-electron chi connectivity index (χ0n) is 19.6. The lowest BCUT2D eigenvalue weighted by atomic mass is 9.95. The van der Waals surface area contributed by atoms with E-state index in [-0.39, 0.29) is 5.92 Å². The van der Waals surface area contributed by atoms with Crippen LogP contribution in [0.1, 0.15) is 43.4 Å². The van der Waals surface area contributed by atoms with Gasteiger partial charge in [-0.15, -0.1) is 0 Å². The van der Waals surface area contributed by atoms with Crippen molar-refractivity contribution in [3.8, 4) is 5.75 Å². The number of ether oxygens (including phenoxy) is 1. The second-order valence-corrected chi connectivity index (χ2v) is 9.07. The Labute approximate surface area is 193 Å². The van der Waals surface area contributed by atoms with Crippen LogP contribution in [0, 0.1) is 5.92 Å². The van der Waals surface area contributed by atoms with Gasteiger partial charge in [-0.05, 0) is 56.5 Å². The van der Waals surface area contributed by atoms with Gasteiger partial charge in [-0.2, -0.15) is 0 Å². The van der Waals surface area contributed by atoms with E-state index >= 15 is 0 Å². The molecule has 0 unspecified atom stereocenters. The number of benzene rings is 2. The van der Waals surface area contributed by atoms with Crippen molar-refractivity contribution in [2.75, 3.05) is 39.3 Å². The monoisotopic (exact) mass is 435 g/mol. The van der Waals surface area contributed by atoms with Crippen molar-refractivity contribution in [1.82, 2.24) is 14.7 Å². The lowest BCUT2D eigenvalue weighted by molar-refractivity contribution is -0.137. The predicted octanol–water partition coefficient (Wildman–Crippen LogP) is 4.16. The topological polar surface area (TPSA) is 36.0 Å². The van der Waals surface area contributed by atoms with Crippen LogP contribution in [0.2, 0.25) is 0 Å². The molecule has 2 aromatic rings. The van der Waals surface area contributed by atoms with Gasteiger partial charge >= 0.3 is 0 Å². The average molecular weight is 436 g/mol. The zero-order chi connectivity index (χ0) is 22.3. The summed E-state index contributed by atoms with van der Waals surface area (Å²) >= 11 is 0. The van der Waals surface area contributed by atoms with E-state index in [0.717, 1.165) is 77.6 Å². The van der Waals surface area contributed by atoms with E-state index in [1.165, 1.54) is 16.7 Å². The van der Waals surface area contributed by atoms with Gasteiger partial charge in [0.05, 0.1) is 5.92 Å². The predicted molar refractivity (Wildman–Crippen MR) is 128 cm³/mol. The van der Waals surface area contributed by atoms with Gasteiger partial charge in [-0.3, -0.25) is 14.6 Å². The first-order valence-corrected chi connectivity index (χ1v) is 12.2. The molecule has 5 heteroatoms. The molecule has 4 rings (SSSR count). The van der Waals surface area contributed by atoms with E-state index in [4.69, 9.17) is 4.74 Å². The van der Waals surface area contributed by atoms with Crippen LogP contribution >= 0.6 is 0 Å². The Morgan fingerprint density at radius 2 is 1.78 bits per heavy atom. The lowest BCUT2D eigenvalue weighted by Crippen LogP contribution is -2.44. The number of rotatable bonds is 7. The molecule has 5 nitrogen and oxygen atoms in total. The molecule has 1 amide bonds. The molecule has 0 aromatic heterocycles. The van der Waals surface area contributed by atoms with Crippen LogP contribution in [0.25, 0.3) is 0 Å². The SMILES string of the molecule is CCN(CC)C(=O)[C@@H]1CCCN(Cc2ccc3c(c2)CN(Cc2ccccc2)CCO3)C1. The number of hydrogen-bond donors (Lipinski definition) is 0. The van der Waals surface area contributed by atoms with Crippen molar-refractivity contribution < 1.29 is 9.53 Å². The van der Waals surface area contributed by atoms with E-state index in [2.05, 4.69) is 72.2 Å². The fourth-order valence-corrected chi connectivity index (χ4v) is 5.03.